The van der Waals surface area contributed by atoms with Crippen LogP contribution in [0.4, 0.5) is 0 Å². The Bertz CT molecular complexity index is 1140. The topological polar surface area (TPSA) is 73.4 Å². The van der Waals surface area contributed by atoms with Crippen molar-refractivity contribution < 1.29 is 13.9 Å². The lowest BCUT2D eigenvalue weighted by Crippen LogP contribution is -2.50. The molecule has 7 nitrogen and oxygen atoms in total. The van der Waals surface area contributed by atoms with Crippen molar-refractivity contribution >= 4 is 16.9 Å². The monoisotopic (exact) mass is 374 g/mol. The van der Waals surface area contributed by atoms with Gasteiger partial charge in [0.05, 0.1) is 19.3 Å². The molecule has 0 bridgehead atoms. The van der Waals surface area contributed by atoms with Gasteiger partial charge in [-0.25, -0.2) is 4.68 Å². The predicted molar refractivity (Wildman–Crippen MR) is 103 cm³/mol. The smallest absolute Gasteiger partial charge is 0.289 e. The third-order valence-corrected chi connectivity index (χ3v) is 5.04. The minimum absolute atomic E-state index is 0.118. The number of carbonyl (C=O) groups is 1. The Balaban J connectivity index is 1.29. The molecule has 5 rings (SSSR count). The Morgan fingerprint density at radius 3 is 2.75 bits per heavy atom. The van der Waals surface area contributed by atoms with Crippen LogP contribution in [0.2, 0.25) is 0 Å². The Morgan fingerprint density at radius 2 is 1.96 bits per heavy atom. The summed E-state index contributed by atoms with van der Waals surface area (Å²) in [5.41, 5.74) is 2.45. The van der Waals surface area contributed by atoms with Crippen molar-refractivity contribution in [3.63, 3.8) is 0 Å². The summed E-state index contributed by atoms with van der Waals surface area (Å²) >= 11 is 0. The first-order valence-electron chi connectivity index (χ1n) is 9.06. The molecule has 4 aromatic rings. The van der Waals surface area contributed by atoms with Crippen LogP contribution in [0.15, 0.2) is 65.2 Å². The number of likely N-dealkylation sites (tertiary alicyclic amines) is 1. The number of fused-ring (bicyclic) bond motifs is 1. The van der Waals surface area contributed by atoms with Gasteiger partial charge in [-0.15, -0.1) is 5.10 Å². The maximum absolute atomic E-state index is 12.7. The fourth-order valence-electron chi connectivity index (χ4n) is 3.44. The average molecular weight is 374 g/mol. The van der Waals surface area contributed by atoms with E-state index in [0.29, 0.717) is 30.2 Å². The number of para-hydroxylation sites is 1. The molecule has 1 aliphatic rings. The molecule has 0 atom stereocenters. The molecule has 0 radical (unpaired) electrons. The first kappa shape index (κ1) is 16.6. The molecule has 0 saturated carbocycles. The zero-order valence-corrected chi connectivity index (χ0v) is 15.3. The van der Waals surface area contributed by atoms with E-state index in [9.17, 15) is 4.79 Å². The molecule has 2 aromatic heterocycles. The molecule has 140 valence electrons. The minimum atomic E-state index is -0.127. The van der Waals surface area contributed by atoms with E-state index >= 15 is 0 Å². The van der Waals surface area contributed by atoms with Gasteiger partial charge in [0.2, 0.25) is 0 Å². The molecule has 7 heteroatoms. The molecule has 1 saturated heterocycles. The summed E-state index contributed by atoms with van der Waals surface area (Å²) in [6.07, 6.45) is 1.92. The van der Waals surface area contributed by atoms with Crippen LogP contribution in [0, 0.1) is 0 Å². The number of methoxy groups -OCH3 is 1. The molecular weight excluding hydrogens is 356 g/mol. The second-order valence-electron chi connectivity index (χ2n) is 6.80. The van der Waals surface area contributed by atoms with Gasteiger partial charge < -0.3 is 14.1 Å². The second kappa shape index (κ2) is 6.53. The lowest BCUT2D eigenvalue weighted by molar-refractivity contribution is 0.0469. The minimum Gasteiger partial charge on any atom is -0.493 e. The van der Waals surface area contributed by atoms with Gasteiger partial charge >= 0.3 is 0 Å². The molecule has 1 amide bonds. The molecule has 0 unspecified atom stereocenters. The van der Waals surface area contributed by atoms with Crippen molar-refractivity contribution in [2.75, 3.05) is 20.2 Å². The summed E-state index contributed by atoms with van der Waals surface area (Å²) < 4.78 is 12.9. The third-order valence-electron chi connectivity index (χ3n) is 5.04. The molecule has 0 N–H and O–H groups in total. The largest absolute Gasteiger partial charge is 0.493 e. The zero-order valence-electron chi connectivity index (χ0n) is 15.3. The summed E-state index contributed by atoms with van der Waals surface area (Å²) in [7, 11) is 1.58. The van der Waals surface area contributed by atoms with Crippen molar-refractivity contribution in [1.82, 2.24) is 19.9 Å². The normalized spacial score (nSPS) is 14.2. The molecule has 0 aliphatic carbocycles. The number of aromatic nitrogens is 3. The van der Waals surface area contributed by atoms with Crippen LogP contribution in [0.1, 0.15) is 16.6 Å². The van der Waals surface area contributed by atoms with Gasteiger partial charge in [-0.3, -0.25) is 4.79 Å². The molecular formula is C21H18N4O3. The van der Waals surface area contributed by atoms with Crippen molar-refractivity contribution in [2.24, 2.45) is 0 Å². The van der Waals surface area contributed by atoms with Crippen LogP contribution in [-0.2, 0) is 0 Å². The van der Waals surface area contributed by atoms with Gasteiger partial charge in [0.15, 0.2) is 17.1 Å². The van der Waals surface area contributed by atoms with E-state index in [4.69, 9.17) is 9.15 Å². The molecule has 28 heavy (non-hydrogen) atoms. The highest BCUT2D eigenvalue weighted by Crippen LogP contribution is 2.31. The number of benzene rings is 2. The van der Waals surface area contributed by atoms with Crippen LogP contribution >= 0.6 is 0 Å². The van der Waals surface area contributed by atoms with Crippen molar-refractivity contribution in [3.8, 4) is 17.0 Å². The highest BCUT2D eigenvalue weighted by atomic mass is 16.5. The second-order valence-corrected chi connectivity index (χ2v) is 6.80. The zero-order chi connectivity index (χ0) is 19.1. The van der Waals surface area contributed by atoms with Crippen LogP contribution in [0.25, 0.3) is 22.2 Å². The summed E-state index contributed by atoms with van der Waals surface area (Å²) in [5, 5.41) is 9.32. The van der Waals surface area contributed by atoms with Gasteiger partial charge in [0.1, 0.15) is 5.69 Å². The SMILES string of the molecule is COc1cccc2cc(C(=O)N3CC(n4cc(-c5ccccc5)nn4)C3)oc12. The van der Waals surface area contributed by atoms with Crippen LogP contribution in [-0.4, -0.2) is 46.0 Å². The first-order valence-corrected chi connectivity index (χ1v) is 9.06. The number of hydrogen-bond acceptors (Lipinski definition) is 5. The highest BCUT2D eigenvalue weighted by Gasteiger charge is 2.35. The lowest BCUT2D eigenvalue weighted by atomic mass is 10.1. The molecule has 3 heterocycles. The van der Waals surface area contributed by atoms with E-state index in [1.165, 1.54) is 0 Å². The van der Waals surface area contributed by atoms with Gasteiger partial charge in [0.25, 0.3) is 5.91 Å². The van der Waals surface area contributed by atoms with E-state index in [-0.39, 0.29) is 11.9 Å². The first-order chi connectivity index (χ1) is 13.7. The van der Waals surface area contributed by atoms with Crippen LogP contribution < -0.4 is 4.74 Å². The fourth-order valence-corrected chi connectivity index (χ4v) is 3.44. The molecule has 1 aliphatic heterocycles. The highest BCUT2D eigenvalue weighted by molar-refractivity contribution is 5.97. The van der Waals surface area contributed by atoms with Gasteiger partial charge in [-0.2, -0.15) is 0 Å². The Hall–Kier alpha value is -3.61. The predicted octanol–water partition coefficient (Wildman–Crippen LogP) is 3.40. The number of furan rings is 1. The van der Waals surface area contributed by atoms with Crippen molar-refractivity contribution in [3.05, 3.63) is 66.6 Å². The van der Waals surface area contributed by atoms with Crippen LogP contribution in [0.5, 0.6) is 5.75 Å². The summed E-state index contributed by atoms with van der Waals surface area (Å²) in [4.78, 5) is 14.5. The maximum Gasteiger partial charge on any atom is 0.289 e. The Kier molecular flexibility index (Phi) is 3.86. The van der Waals surface area contributed by atoms with E-state index in [1.807, 2.05) is 59.4 Å². The number of amides is 1. The molecule has 0 spiro atoms. The number of nitrogens with zero attached hydrogens (tertiary/aromatic N) is 4. The Labute approximate surface area is 161 Å². The third kappa shape index (κ3) is 2.72. The number of rotatable bonds is 4. The van der Waals surface area contributed by atoms with Gasteiger partial charge in [0, 0.05) is 24.0 Å². The molecule has 1 fully saturated rings. The van der Waals surface area contributed by atoms with Gasteiger partial charge in [-0.05, 0) is 12.1 Å². The fraction of sp³-hybridized carbons (Fsp3) is 0.190. The average Bonchev–Trinajstić information content (AvgIpc) is 3.34. The van der Waals surface area contributed by atoms with Crippen molar-refractivity contribution in [1.29, 1.82) is 0 Å². The number of hydrogen-bond donors (Lipinski definition) is 0. The lowest BCUT2D eigenvalue weighted by Gasteiger charge is -2.38. The van der Waals surface area contributed by atoms with Gasteiger partial charge in [-0.1, -0.05) is 47.7 Å². The number of carbonyl (C=O) groups excluding carboxylic acids is 1. The summed E-state index contributed by atoms with van der Waals surface area (Å²) in [6, 6.07) is 17.4. The van der Waals surface area contributed by atoms with E-state index < -0.39 is 0 Å². The van der Waals surface area contributed by atoms with E-state index in [2.05, 4.69) is 10.3 Å². The van der Waals surface area contributed by atoms with Crippen molar-refractivity contribution in [2.45, 2.75) is 6.04 Å². The summed E-state index contributed by atoms with van der Waals surface area (Å²) in [5.74, 6) is 0.813. The maximum atomic E-state index is 12.7. The van der Waals surface area contributed by atoms with Crippen LogP contribution in [0.3, 0.4) is 0 Å². The summed E-state index contributed by atoms with van der Waals surface area (Å²) in [6.45, 7) is 1.15. The Morgan fingerprint density at radius 1 is 1.14 bits per heavy atom. The van der Waals surface area contributed by atoms with E-state index in [0.717, 1.165) is 16.6 Å². The standard InChI is InChI=1S/C21H18N4O3/c1-27-18-9-5-8-15-10-19(28-20(15)18)21(26)24-11-16(12-24)25-13-17(22-23-25)14-6-3-2-4-7-14/h2-10,13,16H,11-12H2,1H3. The molecule has 2 aromatic carbocycles. The number of ether oxygens (including phenoxy) is 1. The quantitative estimate of drug-likeness (QED) is 0.547. The van der Waals surface area contributed by atoms with E-state index in [1.54, 1.807) is 18.1 Å².